The van der Waals surface area contributed by atoms with Crippen molar-refractivity contribution in [3.63, 3.8) is 0 Å². The zero-order valence-corrected chi connectivity index (χ0v) is 12.7. The van der Waals surface area contributed by atoms with Crippen molar-refractivity contribution in [1.29, 1.82) is 0 Å². The maximum absolute atomic E-state index is 11.6. The molecule has 0 aromatic heterocycles. The molecular formula is C15H23NO5. The van der Waals surface area contributed by atoms with Gasteiger partial charge in [-0.2, -0.15) is 0 Å². The number of amides is 1. The van der Waals surface area contributed by atoms with E-state index in [4.69, 9.17) is 14.2 Å². The first kappa shape index (κ1) is 17.3. The second kappa shape index (κ2) is 9.20. The highest BCUT2D eigenvalue weighted by Crippen LogP contribution is 2.31. The molecule has 1 aromatic rings. The molecule has 0 saturated carbocycles. The van der Waals surface area contributed by atoms with Gasteiger partial charge in [-0.1, -0.05) is 0 Å². The highest BCUT2D eigenvalue weighted by atomic mass is 16.5. The Hall–Kier alpha value is -1.79. The van der Waals surface area contributed by atoms with Crippen LogP contribution in [-0.4, -0.2) is 45.5 Å². The van der Waals surface area contributed by atoms with Crippen molar-refractivity contribution in [1.82, 2.24) is 5.32 Å². The molecule has 0 saturated heterocycles. The van der Waals surface area contributed by atoms with Crippen molar-refractivity contribution in [2.75, 3.05) is 34.5 Å². The van der Waals surface area contributed by atoms with E-state index in [0.717, 1.165) is 0 Å². The molecule has 0 aliphatic heterocycles. The molecule has 1 atom stereocenters. The van der Waals surface area contributed by atoms with Crippen LogP contribution in [0.25, 0.3) is 0 Å². The Balaban J connectivity index is 2.55. The Morgan fingerprint density at radius 3 is 2.67 bits per heavy atom. The van der Waals surface area contributed by atoms with Gasteiger partial charge >= 0.3 is 0 Å². The third kappa shape index (κ3) is 5.61. The summed E-state index contributed by atoms with van der Waals surface area (Å²) >= 11 is 0. The number of carbonyl (C=O) groups is 1. The van der Waals surface area contributed by atoms with Crippen LogP contribution in [0.3, 0.4) is 0 Å². The van der Waals surface area contributed by atoms with Crippen LogP contribution >= 0.6 is 0 Å². The number of nitrogens with one attached hydrogen (secondary N) is 1. The minimum Gasteiger partial charge on any atom is -0.497 e. The molecule has 0 aliphatic carbocycles. The van der Waals surface area contributed by atoms with Crippen LogP contribution in [0.15, 0.2) is 18.2 Å². The molecule has 0 radical (unpaired) electrons. The normalized spacial score (nSPS) is 11.8. The van der Waals surface area contributed by atoms with Crippen LogP contribution in [0.5, 0.6) is 11.5 Å². The van der Waals surface area contributed by atoms with Gasteiger partial charge in [0.25, 0.3) is 0 Å². The third-order valence-corrected chi connectivity index (χ3v) is 3.07. The van der Waals surface area contributed by atoms with Crippen molar-refractivity contribution in [2.45, 2.75) is 18.9 Å². The van der Waals surface area contributed by atoms with Crippen LogP contribution in [0.2, 0.25) is 0 Å². The summed E-state index contributed by atoms with van der Waals surface area (Å²) in [5.41, 5.74) is 0.642. The lowest BCUT2D eigenvalue weighted by atomic mass is 10.0. The average molecular weight is 297 g/mol. The van der Waals surface area contributed by atoms with Crippen LogP contribution < -0.4 is 14.8 Å². The van der Waals surface area contributed by atoms with Gasteiger partial charge in [0.2, 0.25) is 5.91 Å². The van der Waals surface area contributed by atoms with Gasteiger partial charge in [0.1, 0.15) is 11.5 Å². The van der Waals surface area contributed by atoms with Crippen LogP contribution in [0.4, 0.5) is 0 Å². The van der Waals surface area contributed by atoms with Gasteiger partial charge in [0, 0.05) is 31.7 Å². The first-order chi connectivity index (χ1) is 10.1. The van der Waals surface area contributed by atoms with E-state index in [1.807, 2.05) is 0 Å². The van der Waals surface area contributed by atoms with Crippen LogP contribution in [0.1, 0.15) is 24.5 Å². The Morgan fingerprint density at radius 2 is 2.05 bits per heavy atom. The van der Waals surface area contributed by atoms with E-state index in [9.17, 15) is 9.90 Å². The molecule has 1 amide bonds. The molecule has 21 heavy (non-hydrogen) atoms. The highest BCUT2D eigenvalue weighted by Gasteiger charge is 2.15. The number of carbonyl (C=O) groups excluding carboxylic acids is 1. The zero-order valence-electron chi connectivity index (χ0n) is 12.7. The molecule has 6 heteroatoms. The summed E-state index contributed by atoms with van der Waals surface area (Å²) in [7, 11) is 4.67. The molecular weight excluding hydrogens is 274 g/mol. The van der Waals surface area contributed by atoms with Gasteiger partial charge in [-0.05, 0) is 18.6 Å². The lowest BCUT2D eigenvalue weighted by Gasteiger charge is -2.15. The zero-order chi connectivity index (χ0) is 15.7. The molecule has 0 heterocycles. The number of hydrogen-bond acceptors (Lipinski definition) is 5. The lowest BCUT2D eigenvalue weighted by Crippen LogP contribution is -2.27. The molecule has 1 aromatic carbocycles. The van der Waals surface area contributed by atoms with E-state index in [0.29, 0.717) is 36.6 Å². The van der Waals surface area contributed by atoms with Crippen molar-refractivity contribution in [3.05, 3.63) is 23.8 Å². The summed E-state index contributed by atoms with van der Waals surface area (Å²) in [5, 5.41) is 12.9. The van der Waals surface area contributed by atoms with Crippen LogP contribution in [0, 0.1) is 0 Å². The Bertz CT molecular complexity index is 450. The molecule has 0 fully saturated rings. The van der Waals surface area contributed by atoms with E-state index in [1.54, 1.807) is 32.4 Å². The van der Waals surface area contributed by atoms with E-state index in [-0.39, 0.29) is 12.3 Å². The number of aliphatic hydroxyl groups is 1. The minimum atomic E-state index is -0.765. The second-order valence-electron chi connectivity index (χ2n) is 4.51. The SMILES string of the molecule is COCCNC(=O)CCC(O)c1ccc(OC)cc1OC. The van der Waals surface area contributed by atoms with Crippen molar-refractivity contribution in [2.24, 2.45) is 0 Å². The van der Waals surface area contributed by atoms with Gasteiger partial charge in [-0.15, -0.1) is 0 Å². The Morgan fingerprint density at radius 1 is 1.29 bits per heavy atom. The van der Waals surface area contributed by atoms with Gasteiger partial charge in [0.05, 0.1) is 26.9 Å². The quantitative estimate of drug-likeness (QED) is 0.671. The Labute approximate surface area is 125 Å². The number of hydrogen-bond donors (Lipinski definition) is 2. The minimum absolute atomic E-state index is 0.112. The van der Waals surface area contributed by atoms with E-state index in [1.165, 1.54) is 7.11 Å². The highest BCUT2D eigenvalue weighted by molar-refractivity contribution is 5.75. The topological polar surface area (TPSA) is 77.0 Å². The number of methoxy groups -OCH3 is 3. The van der Waals surface area contributed by atoms with Crippen molar-refractivity contribution >= 4 is 5.91 Å². The predicted octanol–water partition coefficient (Wildman–Crippen LogP) is 1.28. The average Bonchev–Trinajstić information content (AvgIpc) is 2.52. The summed E-state index contributed by atoms with van der Waals surface area (Å²) in [6.07, 6.45) is -0.208. The maximum Gasteiger partial charge on any atom is 0.220 e. The maximum atomic E-state index is 11.6. The number of benzene rings is 1. The molecule has 0 bridgehead atoms. The summed E-state index contributed by atoms with van der Waals surface area (Å²) in [4.78, 5) is 11.6. The third-order valence-electron chi connectivity index (χ3n) is 3.07. The number of rotatable bonds is 9. The molecule has 0 spiro atoms. The molecule has 6 nitrogen and oxygen atoms in total. The number of ether oxygens (including phenoxy) is 3. The summed E-state index contributed by atoms with van der Waals surface area (Å²) in [5.74, 6) is 1.08. The fraction of sp³-hybridized carbons (Fsp3) is 0.533. The fourth-order valence-corrected chi connectivity index (χ4v) is 1.90. The summed E-state index contributed by atoms with van der Waals surface area (Å²) in [6, 6.07) is 5.20. The number of aliphatic hydroxyl groups excluding tert-OH is 1. The second-order valence-corrected chi connectivity index (χ2v) is 4.51. The van der Waals surface area contributed by atoms with Crippen molar-refractivity contribution < 1.29 is 24.1 Å². The molecule has 2 N–H and O–H groups in total. The Kier molecular flexibility index (Phi) is 7.56. The summed E-state index contributed by atoms with van der Waals surface area (Å²) < 4.78 is 15.2. The lowest BCUT2D eigenvalue weighted by molar-refractivity contribution is -0.121. The molecule has 1 unspecified atom stereocenters. The van der Waals surface area contributed by atoms with Gasteiger partial charge in [-0.3, -0.25) is 4.79 Å². The molecule has 118 valence electrons. The van der Waals surface area contributed by atoms with Gasteiger partial charge < -0.3 is 24.6 Å². The smallest absolute Gasteiger partial charge is 0.220 e. The predicted molar refractivity (Wildman–Crippen MR) is 78.6 cm³/mol. The van der Waals surface area contributed by atoms with Crippen LogP contribution in [-0.2, 0) is 9.53 Å². The van der Waals surface area contributed by atoms with Gasteiger partial charge in [0.15, 0.2) is 0 Å². The monoisotopic (exact) mass is 297 g/mol. The summed E-state index contributed by atoms with van der Waals surface area (Å²) in [6.45, 7) is 0.942. The molecule has 1 rings (SSSR count). The van der Waals surface area contributed by atoms with Crippen molar-refractivity contribution in [3.8, 4) is 11.5 Å². The van der Waals surface area contributed by atoms with Gasteiger partial charge in [-0.25, -0.2) is 0 Å². The fourth-order valence-electron chi connectivity index (χ4n) is 1.90. The standard InChI is InChI=1S/C15H23NO5/c1-19-9-8-16-15(18)7-6-13(17)12-5-4-11(20-2)10-14(12)21-3/h4-5,10,13,17H,6-9H2,1-3H3,(H,16,18). The first-order valence-corrected chi connectivity index (χ1v) is 6.78. The van der Waals surface area contributed by atoms with E-state index >= 15 is 0 Å². The molecule has 0 aliphatic rings. The first-order valence-electron chi connectivity index (χ1n) is 6.78. The van der Waals surface area contributed by atoms with E-state index < -0.39 is 6.10 Å². The van der Waals surface area contributed by atoms with E-state index in [2.05, 4.69) is 5.32 Å². The largest absolute Gasteiger partial charge is 0.497 e.